The van der Waals surface area contributed by atoms with Crippen LogP contribution in [0, 0.1) is 0 Å². The van der Waals surface area contributed by atoms with Crippen LogP contribution in [0.15, 0.2) is 40.9 Å². The van der Waals surface area contributed by atoms with Crippen LogP contribution in [0.3, 0.4) is 0 Å². The van der Waals surface area contributed by atoms with Crippen LogP contribution in [0.4, 0.5) is 5.69 Å². The molecule has 140 valence electrons. The van der Waals surface area contributed by atoms with Gasteiger partial charge in [-0.2, -0.15) is 4.72 Å². The lowest BCUT2D eigenvalue weighted by atomic mass is 10.3. The fourth-order valence-electron chi connectivity index (χ4n) is 2.13. The quantitative estimate of drug-likeness (QED) is 0.421. The predicted molar refractivity (Wildman–Crippen MR) is 89.4 cm³/mol. The number of carbonyl (C=O) groups excluding carboxylic acids is 2. The smallest absolute Gasteiger partial charge is 0.321 e. The number of amides is 2. The van der Waals surface area contributed by atoms with Crippen molar-refractivity contribution in [2.45, 2.75) is 17.9 Å². The van der Waals surface area contributed by atoms with Gasteiger partial charge in [-0.3, -0.25) is 19.3 Å². The van der Waals surface area contributed by atoms with E-state index in [-0.39, 0.29) is 23.7 Å². The molecule has 4 N–H and O–H groups in total. The number of carboxylic acids is 1. The Hall–Kier alpha value is -2.76. The van der Waals surface area contributed by atoms with Crippen molar-refractivity contribution in [2.24, 2.45) is 0 Å². The van der Waals surface area contributed by atoms with Crippen molar-refractivity contribution in [3.63, 3.8) is 0 Å². The second-order valence-electron chi connectivity index (χ2n) is 5.41. The van der Waals surface area contributed by atoms with E-state index in [0.29, 0.717) is 5.69 Å². The van der Waals surface area contributed by atoms with E-state index in [0.717, 1.165) is 11.0 Å². The van der Waals surface area contributed by atoms with Gasteiger partial charge in [-0.25, -0.2) is 8.42 Å². The highest BCUT2D eigenvalue weighted by molar-refractivity contribution is 7.89. The molecule has 1 aliphatic heterocycles. The first-order chi connectivity index (χ1) is 12.2. The van der Waals surface area contributed by atoms with Gasteiger partial charge < -0.3 is 15.5 Å². The number of carbonyl (C=O) groups is 3. The first kappa shape index (κ1) is 19.6. The average molecular weight is 383 g/mol. The van der Waals surface area contributed by atoms with Gasteiger partial charge in [-0.15, -0.1) is 0 Å². The normalized spacial score (nSPS) is 15.8. The van der Waals surface area contributed by atoms with Gasteiger partial charge in [-0.1, -0.05) is 0 Å². The molecule has 1 atom stereocenters. The predicted octanol–water partition coefficient (Wildman–Crippen LogP) is -0.905. The fourth-order valence-corrected chi connectivity index (χ4v) is 3.33. The van der Waals surface area contributed by atoms with Gasteiger partial charge in [0.2, 0.25) is 10.0 Å². The topological polar surface area (TPSA) is 153 Å². The monoisotopic (exact) mass is 383 g/mol. The summed E-state index contributed by atoms with van der Waals surface area (Å²) >= 11 is 0. The molecule has 0 fully saturated rings. The summed E-state index contributed by atoms with van der Waals surface area (Å²) < 4.78 is 26.2. The molecule has 0 saturated heterocycles. The third-order valence-corrected chi connectivity index (χ3v) is 5.04. The standard InChI is InChI=1S/C15H17N3O7S/c1-9(15(22)23)17-26(24,25)11-4-2-10(3-5-11)16-12-8-13(20)18(6-7-19)14(12)21/h2-5,8-9,16-17,19H,6-7H2,1H3,(H,22,23). The Morgan fingerprint density at radius 1 is 1.23 bits per heavy atom. The summed E-state index contributed by atoms with van der Waals surface area (Å²) in [5.41, 5.74) is 0.352. The number of sulfonamides is 1. The molecule has 0 bridgehead atoms. The molecule has 0 aliphatic carbocycles. The Bertz CT molecular complexity index is 862. The lowest BCUT2D eigenvalue weighted by Crippen LogP contribution is -2.38. The molecule has 26 heavy (non-hydrogen) atoms. The minimum absolute atomic E-state index is 0.00307. The van der Waals surface area contributed by atoms with Gasteiger partial charge >= 0.3 is 5.97 Å². The summed E-state index contributed by atoms with van der Waals surface area (Å²) in [4.78, 5) is 35.2. The van der Waals surface area contributed by atoms with E-state index in [1.54, 1.807) is 0 Å². The molecule has 0 aromatic heterocycles. The van der Waals surface area contributed by atoms with E-state index >= 15 is 0 Å². The molecule has 0 spiro atoms. The van der Waals surface area contributed by atoms with E-state index in [9.17, 15) is 22.8 Å². The summed E-state index contributed by atoms with van der Waals surface area (Å²) in [6.45, 7) is 0.722. The molecule has 1 unspecified atom stereocenters. The van der Waals surface area contributed by atoms with E-state index in [1.165, 1.54) is 31.2 Å². The van der Waals surface area contributed by atoms with Gasteiger partial charge in [0.25, 0.3) is 11.8 Å². The molecule has 11 heteroatoms. The Labute approximate surface area is 149 Å². The number of anilines is 1. The zero-order valence-corrected chi connectivity index (χ0v) is 14.5. The molecular weight excluding hydrogens is 366 g/mol. The van der Waals surface area contributed by atoms with Gasteiger partial charge in [0.05, 0.1) is 18.0 Å². The third-order valence-electron chi connectivity index (χ3n) is 3.48. The van der Waals surface area contributed by atoms with Crippen LogP contribution in [-0.2, 0) is 24.4 Å². The van der Waals surface area contributed by atoms with Gasteiger partial charge in [0.1, 0.15) is 11.7 Å². The van der Waals surface area contributed by atoms with Gasteiger partial charge in [-0.05, 0) is 31.2 Å². The number of benzene rings is 1. The number of hydrogen-bond acceptors (Lipinski definition) is 7. The number of aliphatic hydroxyl groups is 1. The number of aliphatic hydroxyl groups excluding tert-OH is 1. The van der Waals surface area contributed by atoms with Crippen molar-refractivity contribution in [1.29, 1.82) is 0 Å². The van der Waals surface area contributed by atoms with Crippen molar-refractivity contribution in [3.8, 4) is 0 Å². The maximum Gasteiger partial charge on any atom is 0.321 e. The minimum Gasteiger partial charge on any atom is -0.480 e. The largest absolute Gasteiger partial charge is 0.480 e. The molecule has 0 radical (unpaired) electrons. The summed E-state index contributed by atoms with van der Waals surface area (Å²) in [6.07, 6.45) is 1.08. The average Bonchev–Trinajstić information content (AvgIpc) is 2.83. The summed E-state index contributed by atoms with van der Waals surface area (Å²) in [5.74, 6) is -2.47. The maximum absolute atomic E-state index is 12.1. The number of hydrogen-bond donors (Lipinski definition) is 4. The van der Waals surface area contributed by atoms with Gasteiger partial charge in [0, 0.05) is 11.8 Å². The van der Waals surface area contributed by atoms with E-state index in [4.69, 9.17) is 10.2 Å². The minimum atomic E-state index is -4.01. The number of nitrogens with one attached hydrogen (secondary N) is 2. The van der Waals surface area contributed by atoms with Crippen LogP contribution in [0.5, 0.6) is 0 Å². The Kier molecular flexibility index (Phi) is 5.75. The highest BCUT2D eigenvalue weighted by atomic mass is 32.2. The molecule has 1 heterocycles. The molecular formula is C15H17N3O7S. The molecule has 1 aromatic carbocycles. The van der Waals surface area contributed by atoms with Crippen molar-refractivity contribution in [1.82, 2.24) is 9.62 Å². The third kappa shape index (κ3) is 4.25. The number of imide groups is 1. The zero-order chi connectivity index (χ0) is 19.5. The van der Waals surface area contributed by atoms with Crippen LogP contribution < -0.4 is 10.0 Å². The number of carboxylic acid groups (broad SMARTS) is 1. The highest BCUT2D eigenvalue weighted by Gasteiger charge is 2.30. The van der Waals surface area contributed by atoms with Crippen molar-refractivity contribution in [2.75, 3.05) is 18.5 Å². The van der Waals surface area contributed by atoms with Crippen LogP contribution in [0.25, 0.3) is 0 Å². The van der Waals surface area contributed by atoms with Crippen LogP contribution in [0.2, 0.25) is 0 Å². The Morgan fingerprint density at radius 3 is 2.38 bits per heavy atom. The van der Waals surface area contributed by atoms with Crippen LogP contribution in [0.1, 0.15) is 6.92 Å². The molecule has 10 nitrogen and oxygen atoms in total. The van der Waals surface area contributed by atoms with Crippen molar-refractivity contribution < 1.29 is 33.0 Å². The van der Waals surface area contributed by atoms with Gasteiger partial charge in [0.15, 0.2) is 0 Å². The van der Waals surface area contributed by atoms with E-state index < -0.39 is 33.8 Å². The van der Waals surface area contributed by atoms with E-state index in [2.05, 4.69) is 5.32 Å². The second-order valence-corrected chi connectivity index (χ2v) is 7.12. The SMILES string of the molecule is CC(NS(=O)(=O)c1ccc(NC2=CC(=O)N(CCO)C2=O)cc1)C(=O)O. The summed E-state index contributed by atoms with van der Waals surface area (Å²) in [6, 6.07) is 3.90. The first-order valence-electron chi connectivity index (χ1n) is 7.46. The van der Waals surface area contributed by atoms with E-state index in [1.807, 2.05) is 4.72 Å². The Balaban J connectivity index is 2.11. The number of β-amino-alcohol motifs (C(OH)–C–C–N with tert-alkyl or cyclic N) is 1. The molecule has 0 saturated carbocycles. The molecule has 2 rings (SSSR count). The first-order valence-corrected chi connectivity index (χ1v) is 8.94. The second kappa shape index (κ2) is 7.64. The highest BCUT2D eigenvalue weighted by Crippen LogP contribution is 2.19. The number of aliphatic carboxylic acids is 1. The molecule has 1 aliphatic rings. The summed E-state index contributed by atoms with van der Waals surface area (Å²) in [5, 5.41) is 20.3. The lowest BCUT2D eigenvalue weighted by molar-refractivity contribution is -0.139. The Morgan fingerprint density at radius 2 is 1.85 bits per heavy atom. The fraction of sp³-hybridized carbons (Fsp3) is 0.267. The zero-order valence-electron chi connectivity index (χ0n) is 13.7. The maximum atomic E-state index is 12.1. The number of rotatable bonds is 8. The van der Waals surface area contributed by atoms with Crippen LogP contribution >= 0.6 is 0 Å². The molecule has 2 amide bonds. The number of nitrogens with zero attached hydrogens (tertiary/aromatic N) is 1. The van der Waals surface area contributed by atoms with Crippen molar-refractivity contribution in [3.05, 3.63) is 36.0 Å². The summed E-state index contributed by atoms with van der Waals surface area (Å²) in [7, 11) is -4.01. The van der Waals surface area contributed by atoms with Crippen molar-refractivity contribution >= 4 is 33.5 Å². The lowest BCUT2D eigenvalue weighted by Gasteiger charge is -2.14. The molecule has 1 aromatic rings. The van der Waals surface area contributed by atoms with Crippen LogP contribution in [-0.4, -0.2) is 60.5 Å².